The molecule has 36 heavy (non-hydrogen) atoms. The Balaban J connectivity index is 0.000000189. The number of nitrogens with zero attached hydrogens (tertiary/aromatic N) is 3. The van der Waals surface area contributed by atoms with E-state index in [4.69, 9.17) is 11.6 Å². The summed E-state index contributed by atoms with van der Waals surface area (Å²) in [5.74, 6) is 0.990. The lowest BCUT2D eigenvalue weighted by atomic mass is 10.1. The molecule has 0 aromatic heterocycles. The fraction of sp³-hybridized carbons (Fsp3) is 0.731. The zero-order valence-electron chi connectivity index (χ0n) is 21.6. The van der Waals surface area contributed by atoms with Gasteiger partial charge in [-0.15, -0.1) is 0 Å². The minimum atomic E-state index is -3.30. The lowest BCUT2D eigenvalue weighted by Crippen LogP contribution is -2.55. The van der Waals surface area contributed by atoms with Crippen molar-refractivity contribution in [3.05, 3.63) is 29.3 Å². The fourth-order valence-corrected chi connectivity index (χ4v) is 6.90. The second kappa shape index (κ2) is 14.0. The summed E-state index contributed by atoms with van der Waals surface area (Å²) < 4.78 is 37.7. The number of sulfonamides is 1. The fourth-order valence-electron chi connectivity index (χ4n) is 5.26. The highest BCUT2D eigenvalue weighted by Gasteiger charge is 2.41. The Morgan fingerprint density at radius 2 is 1.58 bits per heavy atom. The minimum Gasteiger partial charge on any atom is -0.340 e. The van der Waals surface area contributed by atoms with Crippen molar-refractivity contribution in [3.8, 4) is 0 Å². The van der Waals surface area contributed by atoms with Crippen LogP contribution in [0, 0.1) is 5.92 Å². The van der Waals surface area contributed by atoms with Gasteiger partial charge in [0.2, 0.25) is 15.9 Å². The molecule has 1 aromatic carbocycles. The summed E-state index contributed by atoms with van der Waals surface area (Å²) in [4.78, 5) is 20.5. The van der Waals surface area contributed by atoms with Crippen LogP contribution >= 0.6 is 11.6 Å². The molecule has 2 atom stereocenters. The number of amides is 1. The van der Waals surface area contributed by atoms with E-state index in [1.807, 2.05) is 18.7 Å². The standard InChI is InChI=1S/C13H21FN2O2.C11H14ClNO2S.C2H6/c14-18-6-5-16-11-3-4-12(16)9-15(8-11)13(17)7-10-1-2-10;12-10-4-6-11(7-5-10)16(14,15)13-8-2-1-3-9-13;1-2/h10-12H,1-9H2;4-7H,1-3,8-9H2;1-2H3. The molecule has 4 aliphatic rings. The molecule has 204 valence electrons. The SMILES string of the molecule is CC.O=C(CC1CC1)N1CC2CCC(C1)N2CCOF.O=S(=O)(c1ccc(Cl)cc1)N1CCCCC1. The monoisotopic (exact) mass is 545 g/mol. The molecular formula is C26H41ClFN3O4S. The molecular weight excluding hydrogens is 505 g/mol. The average molecular weight is 546 g/mol. The van der Waals surface area contributed by atoms with Gasteiger partial charge < -0.3 is 4.90 Å². The molecule has 1 aromatic rings. The van der Waals surface area contributed by atoms with Crippen LogP contribution in [0.25, 0.3) is 0 Å². The van der Waals surface area contributed by atoms with E-state index in [0.717, 1.165) is 51.6 Å². The number of hydrogen-bond donors (Lipinski definition) is 0. The van der Waals surface area contributed by atoms with Crippen LogP contribution in [0.5, 0.6) is 0 Å². The Labute approximate surface area is 220 Å². The van der Waals surface area contributed by atoms with Crippen LogP contribution in [0.15, 0.2) is 29.2 Å². The van der Waals surface area contributed by atoms with Crippen LogP contribution < -0.4 is 0 Å². The van der Waals surface area contributed by atoms with E-state index < -0.39 is 10.0 Å². The molecule has 2 unspecified atom stereocenters. The Hall–Kier alpha value is -1.26. The van der Waals surface area contributed by atoms with E-state index in [1.54, 1.807) is 28.6 Å². The number of halogens is 2. The highest BCUT2D eigenvalue weighted by atomic mass is 35.5. The number of carbonyl (C=O) groups excluding carboxylic acids is 1. The van der Waals surface area contributed by atoms with Gasteiger partial charge in [0.1, 0.15) is 6.61 Å². The Morgan fingerprint density at radius 3 is 2.11 bits per heavy atom. The van der Waals surface area contributed by atoms with Gasteiger partial charge in [0.15, 0.2) is 0 Å². The molecule has 1 amide bonds. The van der Waals surface area contributed by atoms with E-state index >= 15 is 0 Å². The maximum Gasteiger partial charge on any atom is 0.243 e. The van der Waals surface area contributed by atoms with Gasteiger partial charge in [0, 0.05) is 56.3 Å². The first-order valence-electron chi connectivity index (χ1n) is 13.4. The van der Waals surface area contributed by atoms with E-state index in [9.17, 15) is 17.7 Å². The lowest BCUT2D eigenvalue weighted by molar-refractivity contribution is -0.144. The van der Waals surface area contributed by atoms with Crippen LogP contribution in [-0.4, -0.2) is 79.8 Å². The third-order valence-corrected chi connectivity index (χ3v) is 9.50. The van der Waals surface area contributed by atoms with Crippen molar-refractivity contribution in [2.24, 2.45) is 5.92 Å². The average Bonchev–Trinajstić information content (AvgIpc) is 3.69. The molecule has 3 heterocycles. The van der Waals surface area contributed by atoms with Gasteiger partial charge in [0.05, 0.1) is 4.90 Å². The predicted molar refractivity (Wildman–Crippen MR) is 140 cm³/mol. The first kappa shape index (κ1) is 29.3. The van der Waals surface area contributed by atoms with Gasteiger partial charge in [-0.1, -0.05) is 31.9 Å². The molecule has 2 bridgehead atoms. The number of piperidine rings is 1. The molecule has 10 heteroatoms. The van der Waals surface area contributed by atoms with Crippen LogP contribution in [0.1, 0.15) is 65.2 Å². The van der Waals surface area contributed by atoms with Crippen molar-refractivity contribution in [1.29, 1.82) is 0 Å². The quantitative estimate of drug-likeness (QED) is 0.487. The number of likely N-dealkylation sites (tertiary alicyclic amines) is 1. The molecule has 0 N–H and O–H groups in total. The summed E-state index contributed by atoms with van der Waals surface area (Å²) in [5.41, 5.74) is 0. The maximum atomic E-state index is 12.2. The highest BCUT2D eigenvalue weighted by molar-refractivity contribution is 7.89. The van der Waals surface area contributed by atoms with Crippen molar-refractivity contribution in [2.75, 3.05) is 39.3 Å². The van der Waals surface area contributed by atoms with Gasteiger partial charge >= 0.3 is 0 Å². The highest BCUT2D eigenvalue weighted by Crippen LogP contribution is 2.35. The van der Waals surface area contributed by atoms with Crippen molar-refractivity contribution in [2.45, 2.75) is 82.2 Å². The van der Waals surface area contributed by atoms with Gasteiger partial charge in [0.25, 0.3) is 0 Å². The third kappa shape index (κ3) is 7.87. The smallest absolute Gasteiger partial charge is 0.243 e. The zero-order valence-corrected chi connectivity index (χ0v) is 23.2. The van der Waals surface area contributed by atoms with Gasteiger partial charge in [-0.2, -0.15) is 9.25 Å². The van der Waals surface area contributed by atoms with Crippen LogP contribution in [0.4, 0.5) is 4.53 Å². The zero-order chi connectivity index (χ0) is 26.1. The Morgan fingerprint density at radius 1 is 1.00 bits per heavy atom. The summed E-state index contributed by atoms with van der Waals surface area (Å²) in [7, 11) is -3.30. The second-order valence-corrected chi connectivity index (χ2v) is 12.2. The number of fused-ring (bicyclic) bond motifs is 2. The Bertz CT molecular complexity index is 910. The minimum absolute atomic E-state index is 0.142. The summed E-state index contributed by atoms with van der Waals surface area (Å²) in [5, 5.41) is 0.553. The van der Waals surface area contributed by atoms with Crippen LogP contribution in [0.3, 0.4) is 0 Å². The van der Waals surface area contributed by atoms with E-state index in [-0.39, 0.29) is 6.61 Å². The third-order valence-electron chi connectivity index (χ3n) is 7.34. The van der Waals surface area contributed by atoms with Crippen molar-refractivity contribution < 1.29 is 22.7 Å². The summed E-state index contributed by atoms with van der Waals surface area (Å²) in [6, 6.07) is 7.18. The number of rotatable bonds is 7. The normalized spacial score (nSPS) is 24.4. The number of hydrogen-bond acceptors (Lipinski definition) is 5. The second-order valence-electron chi connectivity index (χ2n) is 9.80. The van der Waals surface area contributed by atoms with E-state index in [0.29, 0.717) is 53.5 Å². The molecule has 0 spiro atoms. The molecule has 5 rings (SSSR count). The summed E-state index contributed by atoms with van der Waals surface area (Å²) in [6.45, 7) is 7.71. The molecule has 3 aliphatic heterocycles. The number of carbonyl (C=O) groups is 1. The van der Waals surface area contributed by atoms with Crippen molar-refractivity contribution in [1.82, 2.24) is 14.1 Å². The topological polar surface area (TPSA) is 70.2 Å². The number of piperazine rings is 1. The number of benzene rings is 1. The lowest BCUT2D eigenvalue weighted by Gasteiger charge is -2.40. The predicted octanol–water partition coefficient (Wildman–Crippen LogP) is 4.90. The summed E-state index contributed by atoms with van der Waals surface area (Å²) in [6.07, 6.45) is 8.48. The largest absolute Gasteiger partial charge is 0.340 e. The first-order valence-corrected chi connectivity index (χ1v) is 15.2. The molecule has 1 aliphatic carbocycles. The summed E-state index contributed by atoms with van der Waals surface area (Å²) >= 11 is 5.74. The van der Waals surface area contributed by atoms with Gasteiger partial charge in [-0.05, 0) is 73.2 Å². The molecule has 7 nitrogen and oxygen atoms in total. The molecule has 3 saturated heterocycles. The van der Waals surface area contributed by atoms with Crippen LogP contribution in [-0.2, 0) is 19.8 Å². The van der Waals surface area contributed by atoms with Gasteiger partial charge in [-0.3, -0.25) is 9.69 Å². The molecule has 4 fully saturated rings. The van der Waals surface area contributed by atoms with Crippen molar-refractivity contribution >= 4 is 27.5 Å². The molecule has 0 radical (unpaired) electrons. The van der Waals surface area contributed by atoms with Crippen LogP contribution in [0.2, 0.25) is 5.02 Å². The Kier molecular flexibility index (Phi) is 11.4. The van der Waals surface area contributed by atoms with E-state index in [1.165, 1.54) is 12.8 Å². The first-order chi connectivity index (χ1) is 17.4. The van der Waals surface area contributed by atoms with E-state index in [2.05, 4.69) is 9.84 Å². The molecule has 1 saturated carbocycles. The van der Waals surface area contributed by atoms with Crippen molar-refractivity contribution in [3.63, 3.8) is 0 Å². The maximum absolute atomic E-state index is 12.2. The van der Waals surface area contributed by atoms with Gasteiger partial charge in [-0.25, -0.2) is 8.42 Å².